The molecule has 0 atom stereocenters. The Morgan fingerprint density at radius 2 is 2.13 bits per heavy atom. The zero-order valence-electron chi connectivity index (χ0n) is 12.3. The molecule has 23 heavy (non-hydrogen) atoms. The van der Waals surface area contributed by atoms with Gasteiger partial charge >= 0.3 is 0 Å². The van der Waals surface area contributed by atoms with Crippen LogP contribution in [0.5, 0.6) is 0 Å². The second-order valence-electron chi connectivity index (χ2n) is 4.92. The molecule has 0 saturated carbocycles. The number of nitrogen functional groups attached to an aromatic ring is 1. The number of aromatic nitrogens is 4. The highest BCUT2D eigenvalue weighted by Crippen LogP contribution is 2.18. The molecule has 0 unspecified atom stereocenters. The number of nitrogens with one attached hydrogen (secondary N) is 1. The van der Waals surface area contributed by atoms with Gasteiger partial charge in [-0.25, -0.2) is 14.4 Å². The van der Waals surface area contributed by atoms with Gasteiger partial charge in [0.15, 0.2) is 0 Å². The number of anilines is 2. The summed E-state index contributed by atoms with van der Waals surface area (Å²) in [5.41, 5.74) is 6.74. The highest BCUT2D eigenvalue weighted by molar-refractivity contribution is 6.29. The minimum Gasteiger partial charge on any atom is -0.368 e. The van der Waals surface area contributed by atoms with Crippen molar-refractivity contribution in [2.45, 2.75) is 13.5 Å². The number of hydrogen-bond acceptors (Lipinski definition) is 5. The quantitative estimate of drug-likeness (QED) is 0.718. The molecule has 0 aliphatic rings. The van der Waals surface area contributed by atoms with E-state index in [1.807, 2.05) is 13.0 Å². The van der Waals surface area contributed by atoms with Crippen molar-refractivity contribution in [2.24, 2.45) is 0 Å². The van der Waals surface area contributed by atoms with Crippen LogP contribution in [0, 0.1) is 12.7 Å². The van der Waals surface area contributed by atoms with Crippen LogP contribution >= 0.6 is 11.6 Å². The Hall–Kier alpha value is -2.67. The molecule has 118 valence electrons. The SMILES string of the molecule is Cc1nccn1-c1ccc(CNc2cc(Cl)nc(N)n2)cc1F. The van der Waals surface area contributed by atoms with Crippen LogP contribution in [0.2, 0.25) is 5.15 Å². The van der Waals surface area contributed by atoms with E-state index >= 15 is 0 Å². The number of hydrogen-bond donors (Lipinski definition) is 2. The van der Waals surface area contributed by atoms with Gasteiger partial charge in [0.05, 0.1) is 5.69 Å². The first kappa shape index (κ1) is 15.2. The summed E-state index contributed by atoms with van der Waals surface area (Å²) in [6, 6.07) is 6.56. The number of rotatable bonds is 4. The average molecular weight is 333 g/mol. The van der Waals surface area contributed by atoms with Crippen LogP contribution in [0.3, 0.4) is 0 Å². The van der Waals surface area contributed by atoms with E-state index in [1.54, 1.807) is 29.1 Å². The Labute approximate surface area is 137 Å². The summed E-state index contributed by atoms with van der Waals surface area (Å²) in [5, 5.41) is 3.28. The predicted octanol–water partition coefficient (Wildman–Crippen LogP) is 2.96. The van der Waals surface area contributed by atoms with Crippen molar-refractivity contribution in [3.05, 3.63) is 59.0 Å². The van der Waals surface area contributed by atoms with E-state index in [2.05, 4.69) is 20.3 Å². The maximum atomic E-state index is 14.3. The minimum absolute atomic E-state index is 0.0807. The molecule has 2 aromatic heterocycles. The molecule has 3 N–H and O–H groups in total. The normalized spacial score (nSPS) is 10.7. The van der Waals surface area contributed by atoms with Crippen LogP contribution < -0.4 is 11.1 Å². The van der Waals surface area contributed by atoms with Gasteiger partial charge in [0, 0.05) is 25.0 Å². The monoisotopic (exact) mass is 332 g/mol. The Bertz CT molecular complexity index is 827. The number of nitrogens with two attached hydrogens (primary N) is 1. The average Bonchev–Trinajstić information content (AvgIpc) is 2.90. The molecule has 1 aromatic carbocycles. The molecule has 6 nitrogen and oxygen atoms in total. The lowest BCUT2D eigenvalue weighted by molar-refractivity contribution is 0.614. The summed E-state index contributed by atoms with van der Waals surface area (Å²) in [7, 11) is 0. The van der Waals surface area contributed by atoms with Gasteiger partial charge in [-0.2, -0.15) is 4.98 Å². The predicted molar refractivity (Wildman–Crippen MR) is 87.0 cm³/mol. The van der Waals surface area contributed by atoms with E-state index in [0.717, 1.165) is 11.4 Å². The van der Waals surface area contributed by atoms with Crippen molar-refractivity contribution in [1.29, 1.82) is 0 Å². The minimum atomic E-state index is -0.328. The van der Waals surface area contributed by atoms with Crippen molar-refractivity contribution in [3.8, 4) is 5.69 Å². The second kappa shape index (κ2) is 6.21. The topological polar surface area (TPSA) is 81.7 Å². The lowest BCUT2D eigenvalue weighted by Gasteiger charge is -2.10. The number of imidazole rings is 1. The van der Waals surface area contributed by atoms with Crippen LogP contribution in [0.1, 0.15) is 11.4 Å². The molecule has 0 radical (unpaired) electrons. The molecule has 0 bridgehead atoms. The highest BCUT2D eigenvalue weighted by Gasteiger charge is 2.08. The number of halogens is 2. The van der Waals surface area contributed by atoms with Crippen molar-refractivity contribution in [1.82, 2.24) is 19.5 Å². The van der Waals surface area contributed by atoms with Crippen LogP contribution in [0.25, 0.3) is 5.69 Å². The van der Waals surface area contributed by atoms with Gasteiger partial charge in [-0.3, -0.25) is 0 Å². The van der Waals surface area contributed by atoms with E-state index < -0.39 is 0 Å². The molecule has 0 aliphatic carbocycles. The number of aryl methyl sites for hydroxylation is 1. The third kappa shape index (κ3) is 3.40. The third-order valence-electron chi connectivity index (χ3n) is 3.28. The van der Waals surface area contributed by atoms with Gasteiger partial charge in [0.25, 0.3) is 0 Å². The van der Waals surface area contributed by atoms with Gasteiger partial charge < -0.3 is 15.6 Å². The molecule has 8 heteroatoms. The fraction of sp³-hybridized carbons (Fsp3) is 0.133. The van der Waals surface area contributed by atoms with Gasteiger partial charge in [-0.1, -0.05) is 17.7 Å². The fourth-order valence-corrected chi connectivity index (χ4v) is 2.40. The van der Waals surface area contributed by atoms with Gasteiger partial charge in [-0.15, -0.1) is 0 Å². The molecular formula is C15H14ClFN6. The first-order chi connectivity index (χ1) is 11.0. The van der Waals surface area contributed by atoms with Crippen molar-refractivity contribution < 1.29 is 4.39 Å². The summed E-state index contributed by atoms with van der Waals surface area (Å²) in [6.07, 6.45) is 3.35. The van der Waals surface area contributed by atoms with Crippen LogP contribution in [-0.4, -0.2) is 19.5 Å². The Morgan fingerprint density at radius 3 is 2.78 bits per heavy atom. The summed E-state index contributed by atoms with van der Waals surface area (Å²) < 4.78 is 16.0. The molecule has 0 amide bonds. The summed E-state index contributed by atoms with van der Waals surface area (Å²) in [4.78, 5) is 11.9. The standard InChI is InChI=1S/C15H14ClFN6/c1-9-19-4-5-23(9)12-3-2-10(6-11(12)17)8-20-14-7-13(16)21-15(18)22-14/h2-7H,8H2,1H3,(H3,18,20,21,22). The van der Waals surface area contributed by atoms with E-state index in [1.165, 1.54) is 6.07 Å². The number of benzene rings is 1. The van der Waals surface area contributed by atoms with Crippen molar-refractivity contribution in [3.63, 3.8) is 0 Å². The van der Waals surface area contributed by atoms with Crippen molar-refractivity contribution >= 4 is 23.4 Å². The largest absolute Gasteiger partial charge is 0.368 e. The third-order valence-corrected chi connectivity index (χ3v) is 3.48. The summed E-state index contributed by atoms with van der Waals surface area (Å²) in [5.74, 6) is 0.959. The smallest absolute Gasteiger partial charge is 0.223 e. The molecule has 0 spiro atoms. The maximum absolute atomic E-state index is 14.3. The first-order valence-electron chi connectivity index (χ1n) is 6.85. The molecular weight excluding hydrogens is 319 g/mol. The molecule has 2 heterocycles. The first-order valence-corrected chi connectivity index (χ1v) is 7.23. The summed E-state index contributed by atoms with van der Waals surface area (Å²) >= 11 is 5.81. The zero-order chi connectivity index (χ0) is 16.4. The van der Waals surface area contributed by atoms with Gasteiger partial charge in [-0.05, 0) is 24.6 Å². The number of nitrogens with zero attached hydrogens (tertiary/aromatic N) is 4. The lowest BCUT2D eigenvalue weighted by Crippen LogP contribution is -2.06. The van der Waals surface area contributed by atoms with Gasteiger partial charge in [0.1, 0.15) is 22.6 Å². The van der Waals surface area contributed by atoms with Crippen molar-refractivity contribution in [2.75, 3.05) is 11.1 Å². The molecule has 3 aromatic rings. The molecule has 0 aliphatic heterocycles. The molecule has 0 saturated heterocycles. The molecule has 0 fully saturated rings. The van der Waals surface area contributed by atoms with E-state index in [4.69, 9.17) is 17.3 Å². The maximum Gasteiger partial charge on any atom is 0.223 e. The lowest BCUT2D eigenvalue weighted by atomic mass is 10.2. The fourth-order valence-electron chi connectivity index (χ4n) is 2.21. The van der Waals surface area contributed by atoms with Crippen LogP contribution in [-0.2, 0) is 6.54 Å². The Kier molecular flexibility index (Phi) is 4.12. The molecule has 3 rings (SSSR count). The van der Waals surface area contributed by atoms with Crippen LogP contribution in [0.4, 0.5) is 16.2 Å². The van der Waals surface area contributed by atoms with Gasteiger partial charge in [0.2, 0.25) is 5.95 Å². The Morgan fingerprint density at radius 1 is 1.30 bits per heavy atom. The zero-order valence-corrected chi connectivity index (χ0v) is 13.0. The van der Waals surface area contributed by atoms with E-state index in [0.29, 0.717) is 18.1 Å². The Balaban J connectivity index is 1.77. The van der Waals surface area contributed by atoms with Crippen LogP contribution in [0.15, 0.2) is 36.7 Å². The highest BCUT2D eigenvalue weighted by atomic mass is 35.5. The van der Waals surface area contributed by atoms with E-state index in [9.17, 15) is 4.39 Å². The van der Waals surface area contributed by atoms with E-state index in [-0.39, 0.29) is 16.9 Å². The summed E-state index contributed by atoms with van der Waals surface area (Å²) in [6.45, 7) is 2.20. The second-order valence-corrected chi connectivity index (χ2v) is 5.31.